The SMILES string of the molecule is C=C/C=C(/C)C=C(C)C.CC. The molecule has 0 unspecified atom stereocenters. The Morgan fingerprint density at radius 1 is 1.09 bits per heavy atom. The van der Waals surface area contributed by atoms with Crippen molar-refractivity contribution in [1.82, 2.24) is 0 Å². The quantitative estimate of drug-likeness (QED) is 0.522. The van der Waals surface area contributed by atoms with Gasteiger partial charge in [0.2, 0.25) is 0 Å². The number of hydrogen-bond donors (Lipinski definition) is 0. The molecule has 0 aliphatic rings. The van der Waals surface area contributed by atoms with Crippen molar-refractivity contribution in [1.29, 1.82) is 0 Å². The van der Waals surface area contributed by atoms with Gasteiger partial charge in [-0.25, -0.2) is 0 Å². The highest BCUT2D eigenvalue weighted by molar-refractivity contribution is 5.22. The topological polar surface area (TPSA) is 0 Å². The molecule has 0 saturated carbocycles. The predicted molar refractivity (Wildman–Crippen MR) is 54.7 cm³/mol. The van der Waals surface area contributed by atoms with Gasteiger partial charge in [0, 0.05) is 0 Å². The highest BCUT2D eigenvalue weighted by atomic mass is 13.8. The van der Waals surface area contributed by atoms with E-state index in [1.807, 2.05) is 19.9 Å². The van der Waals surface area contributed by atoms with Gasteiger partial charge in [0.1, 0.15) is 0 Å². The molecular weight excluding hydrogens is 132 g/mol. The Morgan fingerprint density at radius 2 is 1.55 bits per heavy atom. The normalized spacial score (nSPS) is 9.36. The Bertz CT molecular complexity index is 143. The molecule has 0 aromatic rings. The molecule has 0 radical (unpaired) electrons. The third-order valence-corrected chi connectivity index (χ3v) is 0.897. The summed E-state index contributed by atoms with van der Waals surface area (Å²) in [6, 6.07) is 0. The van der Waals surface area contributed by atoms with E-state index in [0.29, 0.717) is 0 Å². The molecule has 0 fully saturated rings. The molecule has 0 nitrogen and oxygen atoms in total. The van der Waals surface area contributed by atoms with E-state index in [-0.39, 0.29) is 0 Å². The molecule has 0 N–H and O–H groups in total. The van der Waals surface area contributed by atoms with Gasteiger partial charge in [0.05, 0.1) is 0 Å². The van der Waals surface area contributed by atoms with Crippen LogP contribution in [0.1, 0.15) is 34.6 Å². The summed E-state index contributed by atoms with van der Waals surface area (Å²) in [5.41, 5.74) is 2.58. The lowest BCUT2D eigenvalue weighted by Gasteiger charge is -1.89. The highest BCUT2D eigenvalue weighted by Gasteiger charge is 1.78. The van der Waals surface area contributed by atoms with Crippen LogP contribution < -0.4 is 0 Å². The first-order valence-electron chi connectivity index (χ1n) is 4.11. The maximum Gasteiger partial charge on any atom is -0.0398 e. The number of rotatable bonds is 2. The van der Waals surface area contributed by atoms with Gasteiger partial charge in [0.25, 0.3) is 0 Å². The molecule has 0 aliphatic heterocycles. The van der Waals surface area contributed by atoms with Crippen LogP contribution in [0.4, 0.5) is 0 Å². The van der Waals surface area contributed by atoms with E-state index >= 15 is 0 Å². The molecule has 64 valence electrons. The van der Waals surface area contributed by atoms with E-state index < -0.39 is 0 Å². The summed E-state index contributed by atoms with van der Waals surface area (Å²) in [5, 5.41) is 0. The van der Waals surface area contributed by atoms with Gasteiger partial charge in [-0.05, 0) is 20.8 Å². The molecule has 0 heteroatoms. The summed E-state index contributed by atoms with van der Waals surface area (Å²) in [6.45, 7) is 13.8. The molecule has 0 aliphatic carbocycles. The van der Waals surface area contributed by atoms with Gasteiger partial charge >= 0.3 is 0 Å². The average molecular weight is 152 g/mol. The van der Waals surface area contributed by atoms with E-state index in [2.05, 4.69) is 33.4 Å². The zero-order chi connectivity index (χ0) is 9.28. The molecule has 0 bridgehead atoms. The van der Waals surface area contributed by atoms with E-state index in [1.165, 1.54) is 11.1 Å². The molecule has 11 heavy (non-hydrogen) atoms. The number of hydrogen-bond acceptors (Lipinski definition) is 0. The van der Waals surface area contributed by atoms with Crippen LogP contribution in [-0.4, -0.2) is 0 Å². The van der Waals surface area contributed by atoms with Crippen LogP contribution in [0, 0.1) is 0 Å². The molecule has 0 aromatic carbocycles. The third-order valence-electron chi connectivity index (χ3n) is 0.897. The van der Waals surface area contributed by atoms with E-state index in [9.17, 15) is 0 Å². The van der Waals surface area contributed by atoms with E-state index in [1.54, 1.807) is 6.08 Å². The molecule has 0 heterocycles. The Hall–Kier alpha value is -0.780. The second-order valence-corrected chi connectivity index (χ2v) is 2.37. The van der Waals surface area contributed by atoms with Crippen molar-refractivity contribution in [2.75, 3.05) is 0 Å². The van der Waals surface area contributed by atoms with Crippen LogP contribution in [-0.2, 0) is 0 Å². The summed E-state index contributed by atoms with van der Waals surface area (Å²) in [5.74, 6) is 0. The van der Waals surface area contributed by atoms with Gasteiger partial charge in [-0.15, -0.1) is 0 Å². The smallest absolute Gasteiger partial charge is 0.0398 e. The standard InChI is InChI=1S/C9H14.C2H6/c1-5-6-9(4)7-8(2)3;1-2/h5-7H,1H2,2-4H3;1-2H3/b9-6-;. The second kappa shape index (κ2) is 9.22. The van der Waals surface area contributed by atoms with E-state index in [0.717, 1.165) is 0 Å². The first-order valence-corrected chi connectivity index (χ1v) is 4.11. The fourth-order valence-electron chi connectivity index (χ4n) is 0.689. The second-order valence-electron chi connectivity index (χ2n) is 2.37. The van der Waals surface area contributed by atoms with Crippen LogP contribution in [0.5, 0.6) is 0 Å². The zero-order valence-corrected chi connectivity index (χ0v) is 8.44. The van der Waals surface area contributed by atoms with Crippen LogP contribution in [0.15, 0.2) is 36.0 Å². The highest BCUT2D eigenvalue weighted by Crippen LogP contribution is 1.99. The molecule has 0 saturated heterocycles. The molecule has 0 rings (SSSR count). The van der Waals surface area contributed by atoms with E-state index in [4.69, 9.17) is 0 Å². The van der Waals surface area contributed by atoms with Gasteiger partial charge in [-0.2, -0.15) is 0 Å². The first-order chi connectivity index (χ1) is 5.16. The fraction of sp³-hybridized carbons (Fsp3) is 0.455. The predicted octanol–water partition coefficient (Wildman–Crippen LogP) is 4.11. The average Bonchev–Trinajstić information content (AvgIpc) is 1.91. The lowest BCUT2D eigenvalue weighted by molar-refractivity contribution is 1.35. The van der Waals surface area contributed by atoms with Crippen molar-refractivity contribution in [3.63, 3.8) is 0 Å². The monoisotopic (exact) mass is 152 g/mol. The lowest BCUT2D eigenvalue weighted by atomic mass is 10.2. The van der Waals surface area contributed by atoms with Gasteiger partial charge in [-0.1, -0.05) is 49.8 Å². The summed E-state index contributed by atoms with van der Waals surface area (Å²) in [4.78, 5) is 0. The van der Waals surface area contributed by atoms with Crippen molar-refractivity contribution >= 4 is 0 Å². The van der Waals surface area contributed by atoms with Crippen LogP contribution in [0.2, 0.25) is 0 Å². The van der Waals surface area contributed by atoms with Crippen LogP contribution in [0.3, 0.4) is 0 Å². The maximum absolute atomic E-state index is 3.60. The minimum absolute atomic E-state index is 1.25. The Kier molecular flexibility index (Phi) is 10.8. The minimum atomic E-state index is 1.25. The summed E-state index contributed by atoms with van der Waals surface area (Å²) in [6.07, 6.45) is 5.92. The maximum atomic E-state index is 3.60. The molecule has 0 spiro atoms. The Morgan fingerprint density at radius 3 is 1.82 bits per heavy atom. The molecule has 0 atom stereocenters. The van der Waals surface area contributed by atoms with Crippen molar-refractivity contribution in [2.45, 2.75) is 34.6 Å². The third kappa shape index (κ3) is 12.4. The molecule has 0 amide bonds. The largest absolute Gasteiger partial charge is 0.0991 e. The zero-order valence-electron chi connectivity index (χ0n) is 8.44. The summed E-state index contributed by atoms with van der Waals surface area (Å²) in [7, 11) is 0. The van der Waals surface area contributed by atoms with Crippen molar-refractivity contribution in [3.8, 4) is 0 Å². The molecular formula is C11H20. The summed E-state index contributed by atoms with van der Waals surface area (Å²) < 4.78 is 0. The Balaban J connectivity index is 0. The number of allylic oxidation sites excluding steroid dienone is 5. The molecule has 0 aromatic heterocycles. The van der Waals surface area contributed by atoms with Gasteiger partial charge < -0.3 is 0 Å². The Labute approximate surface area is 71.3 Å². The lowest BCUT2D eigenvalue weighted by Crippen LogP contribution is -1.68. The van der Waals surface area contributed by atoms with Gasteiger partial charge in [-0.3, -0.25) is 0 Å². The van der Waals surface area contributed by atoms with Crippen molar-refractivity contribution in [3.05, 3.63) is 36.0 Å². The van der Waals surface area contributed by atoms with Crippen molar-refractivity contribution < 1.29 is 0 Å². The first kappa shape index (κ1) is 12.9. The van der Waals surface area contributed by atoms with Crippen LogP contribution in [0.25, 0.3) is 0 Å². The summed E-state index contributed by atoms with van der Waals surface area (Å²) >= 11 is 0. The van der Waals surface area contributed by atoms with Gasteiger partial charge in [0.15, 0.2) is 0 Å². The van der Waals surface area contributed by atoms with Crippen molar-refractivity contribution in [2.24, 2.45) is 0 Å². The minimum Gasteiger partial charge on any atom is -0.0991 e. The van der Waals surface area contributed by atoms with Crippen LogP contribution >= 0.6 is 0 Å². The fourth-order valence-corrected chi connectivity index (χ4v) is 0.689.